The molecular weight excluding hydrogens is 376 g/mol. The Labute approximate surface area is 157 Å². The molecule has 0 aliphatic carbocycles. The molecule has 11 heteroatoms. The number of aromatic carboxylic acids is 1. The molecule has 0 radical (unpaired) electrons. The van der Waals surface area contributed by atoms with Crippen LogP contribution in [0, 0.1) is 0 Å². The lowest BCUT2D eigenvalue weighted by atomic mass is 10.1. The number of hydrogen-bond donors (Lipinski definition) is 2. The van der Waals surface area contributed by atoms with Crippen molar-refractivity contribution in [2.24, 2.45) is 0 Å². The molecule has 1 atom stereocenters. The van der Waals surface area contributed by atoms with E-state index >= 15 is 0 Å². The number of carboxylic acids is 1. The van der Waals surface area contributed by atoms with Crippen molar-refractivity contribution in [1.29, 1.82) is 0 Å². The maximum atomic E-state index is 12.4. The van der Waals surface area contributed by atoms with Crippen molar-refractivity contribution in [3.63, 3.8) is 0 Å². The van der Waals surface area contributed by atoms with Gasteiger partial charge in [0.25, 0.3) is 5.91 Å². The quantitative estimate of drug-likeness (QED) is 0.748. The van der Waals surface area contributed by atoms with Gasteiger partial charge in [0, 0.05) is 7.11 Å². The normalized spacial score (nSPS) is 15.9. The Kier molecular flexibility index (Phi) is 5.33. The standard InChI is InChI=1S/C16H16N4O6S/c1-8-14(22)20(10-4-3-9(15(23)24)5-11(10)26-8)6-12(21)17-16-19-18-13(27-16)7-25-2/h3-5,8H,6-7H2,1-2H3,(H,23,24)(H,17,19,21). The zero-order valence-electron chi connectivity index (χ0n) is 14.5. The predicted molar refractivity (Wildman–Crippen MR) is 95.1 cm³/mol. The number of carbonyl (C=O) groups excluding carboxylic acids is 2. The van der Waals surface area contributed by atoms with Crippen molar-refractivity contribution in [2.45, 2.75) is 19.6 Å². The van der Waals surface area contributed by atoms with E-state index in [1.54, 1.807) is 0 Å². The van der Waals surface area contributed by atoms with Gasteiger partial charge in [0.2, 0.25) is 11.0 Å². The number of benzene rings is 1. The van der Waals surface area contributed by atoms with Crippen LogP contribution in [0.3, 0.4) is 0 Å². The molecule has 2 amide bonds. The first-order valence-corrected chi connectivity index (χ1v) is 8.67. The van der Waals surface area contributed by atoms with Crippen LogP contribution >= 0.6 is 11.3 Å². The van der Waals surface area contributed by atoms with Gasteiger partial charge in [0.05, 0.1) is 11.3 Å². The lowest BCUT2D eigenvalue weighted by Gasteiger charge is -2.32. The summed E-state index contributed by atoms with van der Waals surface area (Å²) in [5, 5.41) is 20.3. The van der Waals surface area contributed by atoms with Crippen LogP contribution in [0.2, 0.25) is 0 Å². The number of methoxy groups -OCH3 is 1. The highest BCUT2D eigenvalue weighted by molar-refractivity contribution is 7.15. The number of rotatable bonds is 6. The average molecular weight is 392 g/mol. The van der Waals surface area contributed by atoms with Gasteiger partial charge in [-0.1, -0.05) is 11.3 Å². The second-order valence-electron chi connectivity index (χ2n) is 5.65. The predicted octanol–water partition coefficient (Wildman–Crippen LogP) is 1.14. The zero-order valence-corrected chi connectivity index (χ0v) is 15.3. The van der Waals surface area contributed by atoms with Crippen LogP contribution in [0.1, 0.15) is 22.3 Å². The number of hydrogen-bond acceptors (Lipinski definition) is 8. The van der Waals surface area contributed by atoms with E-state index in [0.717, 1.165) is 0 Å². The maximum absolute atomic E-state index is 12.4. The van der Waals surface area contributed by atoms with Crippen molar-refractivity contribution in [2.75, 3.05) is 23.9 Å². The lowest BCUT2D eigenvalue weighted by molar-refractivity contribution is -0.127. The third-order valence-corrected chi connectivity index (χ3v) is 4.51. The third-order valence-electron chi connectivity index (χ3n) is 3.70. The molecule has 1 aliphatic rings. The number of amides is 2. The van der Waals surface area contributed by atoms with Crippen molar-refractivity contribution in [1.82, 2.24) is 10.2 Å². The second-order valence-corrected chi connectivity index (χ2v) is 6.72. The maximum Gasteiger partial charge on any atom is 0.335 e. The van der Waals surface area contributed by atoms with Crippen molar-refractivity contribution < 1.29 is 29.0 Å². The van der Waals surface area contributed by atoms with E-state index in [9.17, 15) is 14.4 Å². The number of ether oxygens (including phenoxy) is 2. The van der Waals surface area contributed by atoms with Gasteiger partial charge in [-0.3, -0.25) is 19.8 Å². The van der Waals surface area contributed by atoms with E-state index < -0.39 is 23.9 Å². The Morgan fingerprint density at radius 1 is 1.41 bits per heavy atom. The van der Waals surface area contributed by atoms with E-state index in [2.05, 4.69) is 15.5 Å². The number of anilines is 2. The fourth-order valence-electron chi connectivity index (χ4n) is 2.49. The highest BCUT2D eigenvalue weighted by atomic mass is 32.1. The summed E-state index contributed by atoms with van der Waals surface area (Å²) in [7, 11) is 1.53. The van der Waals surface area contributed by atoms with Crippen molar-refractivity contribution >= 4 is 39.9 Å². The van der Waals surface area contributed by atoms with Crippen LogP contribution in [-0.2, 0) is 20.9 Å². The topological polar surface area (TPSA) is 131 Å². The Hall–Kier alpha value is -3.05. The van der Waals surface area contributed by atoms with Crippen LogP contribution in [0.25, 0.3) is 0 Å². The minimum atomic E-state index is -1.11. The summed E-state index contributed by atoms with van der Waals surface area (Å²) in [6.07, 6.45) is -0.843. The molecular formula is C16H16N4O6S. The molecule has 1 aliphatic heterocycles. The van der Waals surface area contributed by atoms with Crippen LogP contribution in [0.15, 0.2) is 18.2 Å². The number of nitrogens with one attached hydrogen (secondary N) is 1. The van der Waals surface area contributed by atoms with Gasteiger partial charge < -0.3 is 14.6 Å². The molecule has 1 unspecified atom stereocenters. The zero-order chi connectivity index (χ0) is 19.6. The molecule has 0 spiro atoms. The van der Waals surface area contributed by atoms with Crippen molar-refractivity contribution in [3.8, 4) is 5.75 Å². The van der Waals surface area contributed by atoms with E-state index in [4.69, 9.17) is 14.6 Å². The number of fused-ring (bicyclic) bond motifs is 1. The van der Waals surface area contributed by atoms with Gasteiger partial charge in [-0.2, -0.15) is 0 Å². The van der Waals surface area contributed by atoms with Crippen LogP contribution in [-0.4, -0.2) is 52.8 Å². The summed E-state index contributed by atoms with van der Waals surface area (Å²) < 4.78 is 10.4. The molecule has 1 aromatic carbocycles. The number of nitrogens with zero attached hydrogens (tertiary/aromatic N) is 3. The molecule has 27 heavy (non-hydrogen) atoms. The smallest absolute Gasteiger partial charge is 0.335 e. The molecule has 2 aromatic rings. The molecule has 10 nitrogen and oxygen atoms in total. The first kappa shape index (κ1) is 18.7. The summed E-state index contributed by atoms with van der Waals surface area (Å²) in [6, 6.07) is 4.12. The first-order chi connectivity index (χ1) is 12.9. The minimum absolute atomic E-state index is 0.0271. The first-order valence-electron chi connectivity index (χ1n) is 7.85. The van der Waals surface area contributed by atoms with Gasteiger partial charge in [-0.25, -0.2) is 4.79 Å². The lowest BCUT2D eigenvalue weighted by Crippen LogP contribution is -2.47. The van der Waals surface area contributed by atoms with Crippen LogP contribution in [0.4, 0.5) is 10.8 Å². The second kappa shape index (κ2) is 7.68. The van der Waals surface area contributed by atoms with E-state index in [0.29, 0.717) is 15.8 Å². The molecule has 142 valence electrons. The number of aromatic nitrogens is 2. The summed E-state index contributed by atoms with van der Waals surface area (Å²) in [4.78, 5) is 37.2. The SMILES string of the molecule is COCc1nnc(NC(=O)CN2C(=O)C(C)Oc3cc(C(=O)O)ccc32)s1. The average Bonchev–Trinajstić information content (AvgIpc) is 3.05. The van der Waals surface area contributed by atoms with Gasteiger partial charge in [-0.05, 0) is 25.1 Å². The molecule has 2 heterocycles. The summed E-state index contributed by atoms with van der Waals surface area (Å²) in [5.74, 6) is -1.75. The largest absolute Gasteiger partial charge is 0.479 e. The molecule has 0 saturated heterocycles. The fraction of sp³-hybridized carbons (Fsp3) is 0.312. The highest BCUT2D eigenvalue weighted by Crippen LogP contribution is 2.35. The van der Waals surface area contributed by atoms with E-state index in [1.165, 1.54) is 48.5 Å². The Balaban J connectivity index is 1.77. The molecule has 2 N–H and O–H groups in total. The molecule has 1 aromatic heterocycles. The molecule has 0 bridgehead atoms. The monoisotopic (exact) mass is 392 g/mol. The van der Waals surface area contributed by atoms with Gasteiger partial charge in [0.1, 0.15) is 23.9 Å². The van der Waals surface area contributed by atoms with Gasteiger partial charge in [0.15, 0.2) is 6.10 Å². The summed E-state index contributed by atoms with van der Waals surface area (Å²) in [5.41, 5.74) is 0.356. The van der Waals surface area contributed by atoms with E-state index in [1.807, 2.05) is 0 Å². The number of carbonyl (C=O) groups is 3. The summed E-state index contributed by atoms with van der Waals surface area (Å²) >= 11 is 1.17. The van der Waals surface area contributed by atoms with Crippen molar-refractivity contribution in [3.05, 3.63) is 28.8 Å². The Morgan fingerprint density at radius 2 is 2.19 bits per heavy atom. The third kappa shape index (κ3) is 4.04. The Bertz CT molecular complexity index is 899. The van der Waals surface area contributed by atoms with Crippen LogP contribution < -0.4 is 15.0 Å². The number of carboxylic acid groups (broad SMARTS) is 1. The molecule has 0 fully saturated rings. The summed E-state index contributed by atoms with van der Waals surface area (Å²) in [6.45, 7) is 1.54. The van der Waals surface area contributed by atoms with Gasteiger partial charge >= 0.3 is 5.97 Å². The molecule has 3 rings (SSSR count). The highest BCUT2D eigenvalue weighted by Gasteiger charge is 2.33. The minimum Gasteiger partial charge on any atom is -0.479 e. The van der Waals surface area contributed by atoms with Gasteiger partial charge in [-0.15, -0.1) is 10.2 Å². The fourth-order valence-corrected chi connectivity index (χ4v) is 3.22. The molecule has 0 saturated carbocycles. The Morgan fingerprint density at radius 3 is 2.89 bits per heavy atom. The van der Waals surface area contributed by atoms with E-state index in [-0.39, 0.29) is 24.5 Å². The van der Waals surface area contributed by atoms with Crippen LogP contribution in [0.5, 0.6) is 5.75 Å².